The van der Waals surface area contributed by atoms with E-state index in [4.69, 9.17) is 9.90 Å². The van der Waals surface area contributed by atoms with Crippen LogP contribution in [0.5, 0.6) is 0 Å². The summed E-state index contributed by atoms with van der Waals surface area (Å²) in [6.07, 6.45) is 3.11. The van der Waals surface area contributed by atoms with Crippen LogP contribution in [0.15, 0.2) is 16.8 Å². The van der Waals surface area contributed by atoms with Gasteiger partial charge < -0.3 is 10.0 Å². The van der Waals surface area contributed by atoms with E-state index in [0.29, 0.717) is 5.91 Å². The van der Waals surface area contributed by atoms with Gasteiger partial charge in [-0.1, -0.05) is 0 Å². The van der Waals surface area contributed by atoms with Gasteiger partial charge >= 0.3 is 12.1 Å². The second-order valence-electron chi connectivity index (χ2n) is 8.24. The fourth-order valence-corrected chi connectivity index (χ4v) is 4.94. The molecule has 4 rings (SSSR count). The summed E-state index contributed by atoms with van der Waals surface area (Å²) >= 11 is 1.79. The number of hydrogen-bond donors (Lipinski definition) is 1. The lowest BCUT2D eigenvalue weighted by Crippen LogP contribution is -2.47. The van der Waals surface area contributed by atoms with Gasteiger partial charge in [0.1, 0.15) is 0 Å². The highest BCUT2D eigenvalue weighted by molar-refractivity contribution is 7.07. The molecule has 3 aliphatic rings. The van der Waals surface area contributed by atoms with Gasteiger partial charge in [0.15, 0.2) is 0 Å². The average Bonchev–Trinajstić information content (AvgIpc) is 3.30. The van der Waals surface area contributed by atoms with Crippen LogP contribution >= 0.6 is 11.3 Å². The van der Waals surface area contributed by atoms with E-state index >= 15 is 0 Å². The zero-order valence-corrected chi connectivity index (χ0v) is 17.1. The lowest BCUT2D eigenvalue weighted by molar-refractivity contribution is -0.192. The highest BCUT2D eigenvalue weighted by atomic mass is 32.1. The summed E-state index contributed by atoms with van der Waals surface area (Å²) in [5.41, 5.74) is 1.64. The molecule has 0 bridgehead atoms. The fourth-order valence-electron chi connectivity index (χ4n) is 4.28. The lowest BCUT2D eigenvalue weighted by Gasteiger charge is -2.38. The number of carboxylic acid groups (broad SMARTS) is 1. The monoisotopic (exact) mass is 432 g/mol. The van der Waals surface area contributed by atoms with Crippen molar-refractivity contribution in [1.29, 1.82) is 0 Å². The van der Waals surface area contributed by atoms with Crippen LogP contribution in [0, 0.1) is 5.92 Å². The van der Waals surface area contributed by atoms with Gasteiger partial charge in [0.2, 0.25) is 5.91 Å². The summed E-state index contributed by atoms with van der Waals surface area (Å²) in [6, 6.07) is 2.24. The number of likely N-dealkylation sites (tertiary alicyclic amines) is 2. The Morgan fingerprint density at radius 1 is 1.24 bits per heavy atom. The third-order valence-corrected chi connectivity index (χ3v) is 6.79. The van der Waals surface area contributed by atoms with Crippen molar-refractivity contribution in [3.05, 3.63) is 22.4 Å². The summed E-state index contributed by atoms with van der Waals surface area (Å²) in [5, 5.41) is 11.6. The molecule has 1 N–H and O–H groups in total. The minimum Gasteiger partial charge on any atom is -0.475 e. The molecule has 5 nitrogen and oxygen atoms in total. The van der Waals surface area contributed by atoms with Crippen LogP contribution in [0.3, 0.4) is 0 Å². The first-order chi connectivity index (χ1) is 13.7. The second-order valence-corrected chi connectivity index (χ2v) is 9.02. The van der Waals surface area contributed by atoms with E-state index in [1.807, 2.05) is 0 Å². The Morgan fingerprint density at radius 2 is 1.97 bits per heavy atom. The van der Waals surface area contributed by atoms with Gasteiger partial charge in [-0.3, -0.25) is 9.69 Å². The van der Waals surface area contributed by atoms with Crippen LogP contribution in [0.25, 0.3) is 0 Å². The first kappa shape index (κ1) is 22.1. The Hall–Kier alpha value is -1.61. The van der Waals surface area contributed by atoms with Gasteiger partial charge in [0.25, 0.3) is 0 Å². The van der Waals surface area contributed by atoms with Crippen molar-refractivity contribution < 1.29 is 27.9 Å². The molecule has 0 aromatic carbocycles. The largest absolute Gasteiger partial charge is 0.490 e. The van der Waals surface area contributed by atoms with Crippen LogP contribution in [-0.2, 0) is 16.1 Å². The number of nitrogens with zero attached hydrogens (tertiary/aromatic N) is 2. The first-order valence-corrected chi connectivity index (χ1v) is 11.0. The van der Waals surface area contributed by atoms with Gasteiger partial charge in [-0.15, -0.1) is 0 Å². The molecule has 1 amide bonds. The summed E-state index contributed by atoms with van der Waals surface area (Å²) in [5.74, 6) is -1.52. The minimum absolute atomic E-state index is 0.197. The summed E-state index contributed by atoms with van der Waals surface area (Å²) in [7, 11) is 0. The Morgan fingerprint density at radius 3 is 2.55 bits per heavy atom. The maximum absolute atomic E-state index is 12.4. The summed E-state index contributed by atoms with van der Waals surface area (Å²) < 4.78 is 31.7. The Bertz CT molecular complexity index is 706. The molecule has 3 fully saturated rings. The Kier molecular flexibility index (Phi) is 6.88. The van der Waals surface area contributed by atoms with E-state index in [-0.39, 0.29) is 5.54 Å². The molecule has 1 aromatic heterocycles. The predicted molar refractivity (Wildman–Crippen MR) is 104 cm³/mol. The normalized spacial score (nSPS) is 25.6. The smallest absolute Gasteiger partial charge is 0.475 e. The van der Waals surface area contributed by atoms with Crippen LogP contribution in [0.1, 0.15) is 50.5 Å². The molecule has 2 aliphatic heterocycles. The number of aliphatic carboxylic acids is 1. The number of rotatable bonds is 4. The molecular weight excluding hydrogens is 405 g/mol. The van der Waals surface area contributed by atoms with Crippen LogP contribution in [0.4, 0.5) is 13.2 Å². The number of carboxylic acids is 1. The second kappa shape index (κ2) is 9.04. The third-order valence-electron chi connectivity index (χ3n) is 6.05. The van der Waals surface area contributed by atoms with E-state index in [9.17, 15) is 18.0 Å². The first-order valence-electron chi connectivity index (χ1n) is 10.0. The van der Waals surface area contributed by atoms with Crippen molar-refractivity contribution in [2.24, 2.45) is 5.92 Å². The molecular formula is C20H27F3N2O3S. The van der Waals surface area contributed by atoms with E-state index in [2.05, 4.69) is 26.6 Å². The molecule has 1 aromatic rings. The van der Waals surface area contributed by atoms with Crippen molar-refractivity contribution in [2.75, 3.05) is 19.6 Å². The van der Waals surface area contributed by atoms with Crippen molar-refractivity contribution >= 4 is 23.2 Å². The lowest BCUT2D eigenvalue weighted by atomic mass is 9.87. The Balaban J connectivity index is 0.000000298. The van der Waals surface area contributed by atoms with Crippen molar-refractivity contribution in [3.63, 3.8) is 0 Å². The zero-order valence-electron chi connectivity index (χ0n) is 16.3. The zero-order chi connectivity index (χ0) is 21.1. The summed E-state index contributed by atoms with van der Waals surface area (Å²) in [6.45, 7) is 4.45. The molecule has 162 valence electrons. The third kappa shape index (κ3) is 5.94. The minimum atomic E-state index is -5.08. The standard InChI is InChI=1S/C18H26N2OS.C2HF3O2/c21-17-4-7-18(20(17)13-15-2-3-15)6-1-9-19(10-8-18)12-16-5-11-22-14-16;3-2(4,5)1(6)7/h5,11,14-15H,1-4,6-10,12-13H2;(H,6,7). The number of amides is 1. The SMILES string of the molecule is O=C(O)C(F)(F)F.O=C1CCC2(CCCN(Cc3ccsc3)CC2)N1CC1CC1. The van der Waals surface area contributed by atoms with Gasteiger partial charge in [-0.2, -0.15) is 24.5 Å². The molecule has 1 saturated carbocycles. The maximum Gasteiger partial charge on any atom is 0.490 e. The maximum atomic E-state index is 12.4. The van der Waals surface area contributed by atoms with Gasteiger partial charge in [-0.25, -0.2) is 4.79 Å². The van der Waals surface area contributed by atoms with Gasteiger partial charge in [0.05, 0.1) is 0 Å². The van der Waals surface area contributed by atoms with Crippen molar-refractivity contribution in [2.45, 2.75) is 63.2 Å². The predicted octanol–water partition coefficient (Wildman–Crippen LogP) is 4.14. The van der Waals surface area contributed by atoms with Crippen LogP contribution in [0.2, 0.25) is 0 Å². The highest BCUT2D eigenvalue weighted by Crippen LogP contribution is 2.42. The molecule has 1 spiro atoms. The molecule has 9 heteroatoms. The number of alkyl halides is 3. The number of thiophene rings is 1. The van der Waals surface area contributed by atoms with E-state index in [0.717, 1.165) is 38.4 Å². The average molecular weight is 433 g/mol. The molecule has 1 atom stereocenters. The van der Waals surface area contributed by atoms with E-state index in [1.165, 1.54) is 44.2 Å². The number of carbonyl (C=O) groups is 2. The topological polar surface area (TPSA) is 60.9 Å². The summed E-state index contributed by atoms with van der Waals surface area (Å²) in [4.78, 5) is 26.2. The number of halogens is 3. The molecule has 1 aliphatic carbocycles. The highest BCUT2D eigenvalue weighted by Gasteiger charge is 2.47. The number of hydrogen-bond acceptors (Lipinski definition) is 4. The van der Waals surface area contributed by atoms with Gasteiger partial charge in [0, 0.05) is 31.6 Å². The van der Waals surface area contributed by atoms with Gasteiger partial charge in [-0.05, 0) is 73.4 Å². The van der Waals surface area contributed by atoms with E-state index < -0.39 is 12.1 Å². The fraction of sp³-hybridized carbons (Fsp3) is 0.700. The molecule has 29 heavy (non-hydrogen) atoms. The van der Waals surface area contributed by atoms with Crippen molar-refractivity contribution in [1.82, 2.24) is 9.80 Å². The Labute approximate surface area is 172 Å². The molecule has 0 radical (unpaired) electrons. The number of carbonyl (C=O) groups excluding carboxylic acids is 1. The quantitative estimate of drug-likeness (QED) is 0.777. The van der Waals surface area contributed by atoms with Crippen LogP contribution in [-0.4, -0.2) is 58.1 Å². The molecule has 1 unspecified atom stereocenters. The van der Waals surface area contributed by atoms with Crippen LogP contribution < -0.4 is 0 Å². The van der Waals surface area contributed by atoms with Crippen molar-refractivity contribution in [3.8, 4) is 0 Å². The molecule has 3 heterocycles. The molecule has 2 saturated heterocycles. The van der Waals surface area contributed by atoms with E-state index in [1.54, 1.807) is 11.3 Å².